The molecule has 1 heterocycles. The molecule has 1 aliphatic heterocycles. The third-order valence-electron chi connectivity index (χ3n) is 5.21. The van der Waals surface area contributed by atoms with E-state index in [2.05, 4.69) is 21.5 Å². The summed E-state index contributed by atoms with van der Waals surface area (Å²) in [5.41, 5.74) is 8.66. The van der Waals surface area contributed by atoms with Crippen molar-refractivity contribution in [3.8, 4) is 0 Å². The fourth-order valence-corrected chi connectivity index (χ4v) is 3.44. The minimum atomic E-state index is -0.401. The Kier molecular flexibility index (Phi) is 8.33. The maximum atomic E-state index is 12.5. The third-order valence-corrected chi connectivity index (χ3v) is 5.21. The molecule has 0 bridgehead atoms. The van der Waals surface area contributed by atoms with Crippen LogP contribution in [-0.4, -0.2) is 32.2 Å². The van der Waals surface area contributed by atoms with E-state index in [1.807, 2.05) is 19.9 Å². The normalized spacial score (nSPS) is 24.9. The first-order valence-corrected chi connectivity index (χ1v) is 9.96. The van der Waals surface area contributed by atoms with Gasteiger partial charge >= 0.3 is 5.97 Å². The zero-order valence-corrected chi connectivity index (χ0v) is 17.8. The summed E-state index contributed by atoms with van der Waals surface area (Å²) in [6.45, 7) is 5.68. The number of allylic oxidation sites excluding steroid dienone is 3. The fourth-order valence-electron chi connectivity index (χ4n) is 3.44. The quantitative estimate of drug-likeness (QED) is 0.293. The van der Waals surface area contributed by atoms with Gasteiger partial charge in [-0.25, -0.2) is 4.79 Å². The number of rotatable bonds is 7. The van der Waals surface area contributed by atoms with Gasteiger partial charge in [0.2, 0.25) is 5.91 Å². The molecule has 1 amide bonds. The molecule has 0 aromatic carbocycles. The smallest absolute Gasteiger partial charge is 0.337 e. The number of hydrazine groups is 1. The van der Waals surface area contributed by atoms with E-state index in [9.17, 15) is 9.59 Å². The number of ether oxygens (including phenoxy) is 2. The van der Waals surface area contributed by atoms with Crippen LogP contribution in [0.4, 0.5) is 0 Å². The monoisotopic (exact) mass is 404 g/mol. The van der Waals surface area contributed by atoms with Crippen LogP contribution in [-0.2, 0) is 19.1 Å². The molecule has 1 fully saturated rings. The Bertz CT molecular complexity index is 752. The van der Waals surface area contributed by atoms with Gasteiger partial charge in [0.25, 0.3) is 0 Å². The standard InChI is InChI=1S/C21H32N4O4/c1-6-13(21(27)29-5)12-18-16(7-2)23-19(17(8-3)22-18)24-25-20(26)14-9-10-15(11-14)28-4/h6-7,12,14-15,22-24H,8-11H2,1-5H3,(H,25,26)/b13-6+,16-7+,18-12+. The first-order chi connectivity index (χ1) is 14.0. The van der Waals surface area contributed by atoms with Crippen molar-refractivity contribution < 1.29 is 19.1 Å². The summed E-state index contributed by atoms with van der Waals surface area (Å²) in [6.07, 6.45) is 8.64. The zero-order valence-electron chi connectivity index (χ0n) is 17.8. The molecule has 0 aromatic heterocycles. The average molecular weight is 405 g/mol. The Hall–Kier alpha value is -2.74. The largest absolute Gasteiger partial charge is 0.465 e. The maximum Gasteiger partial charge on any atom is 0.337 e. The maximum absolute atomic E-state index is 12.5. The number of hydrogen-bond acceptors (Lipinski definition) is 7. The summed E-state index contributed by atoms with van der Waals surface area (Å²) in [5, 5.41) is 6.62. The highest BCUT2D eigenvalue weighted by molar-refractivity contribution is 5.91. The molecule has 8 heteroatoms. The number of carbonyl (C=O) groups is 2. The van der Waals surface area contributed by atoms with Crippen LogP contribution in [0.25, 0.3) is 0 Å². The van der Waals surface area contributed by atoms with Crippen LogP contribution in [0.2, 0.25) is 0 Å². The lowest BCUT2D eigenvalue weighted by atomic mass is 10.1. The molecule has 2 aliphatic rings. The highest BCUT2D eigenvalue weighted by Gasteiger charge is 2.30. The van der Waals surface area contributed by atoms with Gasteiger partial charge < -0.3 is 20.1 Å². The molecular weight excluding hydrogens is 372 g/mol. The summed E-state index contributed by atoms with van der Waals surface area (Å²) < 4.78 is 10.2. The predicted molar refractivity (Wildman–Crippen MR) is 111 cm³/mol. The molecule has 0 radical (unpaired) electrons. The number of esters is 1. The van der Waals surface area contributed by atoms with Crippen molar-refractivity contribution in [3.63, 3.8) is 0 Å². The topological polar surface area (TPSA) is 101 Å². The van der Waals surface area contributed by atoms with Gasteiger partial charge in [0.05, 0.1) is 35.9 Å². The summed E-state index contributed by atoms with van der Waals surface area (Å²) >= 11 is 0. The molecule has 2 rings (SSSR count). The molecule has 1 saturated carbocycles. The lowest BCUT2D eigenvalue weighted by Crippen LogP contribution is -2.47. The molecule has 0 saturated heterocycles. The lowest BCUT2D eigenvalue weighted by molar-refractivity contribution is -0.135. The molecule has 1 aliphatic carbocycles. The number of methoxy groups -OCH3 is 2. The first-order valence-electron chi connectivity index (χ1n) is 9.96. The highest BCUT2D eigenvalue weighted by Crippen LogP contribution is 2.27. The Balaban J connectivity index is 2.12. The van der Waals surface area contributed by atoms with Crippen molar-refractivity contribution >= 4 is 11.9 Å². The molecule has 2 atom stereocenters. The fraction of sp³-hybridized carbons (Fsp3) is 0.524. The van der Waals surface area contributed by atoms with E-state index in [1.165, 1.54) is 7.11 Å². The minimum absolute atomic E-state index is 0.0421. The van der Waals surface area contributed by atoms with Gasteiger partial charge in [-0.05, 0) is 45.6 Å². The van der Waals surface area contributed by atoms with Crippen molar-refractivity contribution in [2.75, 3.05) is 14.2 Å². The Morgan fingerprint density at radius 3 is 2.48 bits per heavy atom. The van der Waals surface area contributed by atoms with E-state index in [1.54, 1.807) is 26.2 Å². The van der Waals surface area contributed by atoms with Gasteiger partial charge in [-0.15, -0.1) is 0 Å². The summed E-state index contributed by atoms with van der Waals surface area (Å²) in [7, 11) is 3.04. The predicted octanol–water partition coefficient (Wildman–Crippen LogP) is 2.10. The lowest BCUT2D eigenvalue weighted by Gasteiger charge is -2.29. The number of carbonyl (C=O) groups excluding carboxylic acids is 2. The van der Waals surface area contributed by atoms with Gasteiger partial charge in [-0.3, -0.25) is 15.6 Å². The molecule has 0 aromatic rings. The van der Waals surface area contributed by atoms with Crippen LogP contribution in [0.15, 0.2) is 46.7 Å². The summed E-state index contributed by atoms with van der Waals surface area (Å²) in [6, 6.07) is 0. The van der Waals surface area contributed by atoms with Crippen molar-refractivity contribution in [2.45, 2.75) is 52.6 Å². The first kappa shape index (κ1) is 22.5. The van der Waals surface area contributed by atoms with E-state index in [0.29, 0.717) is 17.8 Å². The van der Waals surface area contributed by atoms with E-state index in [-0.39, 0.29) is 17.9 Å². The Morgan fingerprint density at radius 1 is 1.17 bits per heavy atom. The summed E-state index contributed by atoms with van der Waals surface area (Å²) in [4.78, 5) is 24.4. The van der Waals surface area contributed by atoms with E-state index < -0.39 is 5.97 Å². The number of hydrogen-bond donors (Lipinski definition) is 4. The summed E-state index contributed by atoms with van der Waals surface area (Å²) in [5.74, 6) is 0.178. The van der Waals surface area contributed by atoms with Crippen molar-refractivity contribution in [1.29, 1.82) is 0 Å². The van der Waals surface area contributed by atoms with Gasteiger partial charge in [-0.2, -0.15) is 0 Å². The van der Waals surface area contributed by atoms with Gasteiger partial charge in [-0.1, -0.05) is 19.1 Å². The van der Waals surface area contributed by atoms with Crippen molar-refractivity contribution in [3.05, 3.63) is 46.7 Å². The van der Waals surface area contributed by atoms with Crippen molar-refractivity contribution in [2.24, 2.45) is 5.92 Å². The Morgan fingerprint density at radius 2 is 1.93 bits per heavy atom. The molecule has 0 spiro atoms. The van der Waals surface area contributed by atoms with Crippen LogP contribution < -0.4 is 21.5 Å². The Labute approximate surface area is 172 Å². The minimum Gasteiger partial charge on any atom is -0.465 e. The molecule has 8 nitrogen and oxygen atoms in total. The average Bonchev–Trinajstić information content (AvgIpc) is 3.24. The van der Waals surface area contributed by atoms with Crippen LogP contribution in [0.1, 0.15) is 46.5 Å². The zero-order chi connectivity index (χ0) is 21.4. The molecule has 4 N–H and O–H groups in total. The molecule has 2 unspecified atom stereocenters. The van der Waals surface area contributed by atoms with Crippen LogP contribution >= 0.6 is 0 Å². The van der Waals surface area contributed by atoms with E-state index in [4.69, 9.17) is 9.47 Å². The third kappa shape index (κ3) is 5.63. The van der Waals surface area contributed by atoms with E-state index >= 15 is 0 Å². The van der Waals surface area contributed by atoms with Gasteiger partial charge in [0.15, 0.2) is 0 Å². The molecule has 160 valence electrons. The number of amides is 1. The number of nitrogens with one attached hydrogen (secondary N) is 4. The second kappa shape index (κ2) is 10.7. The van der Waals surface area contributed by atoms with Crippen LogP contribution in [0.5, 0.6) is 0 Å². The van der Waals surface area contributed by atoms with Crippen molar-refractivity contribution in [1.82, 2.24) is 21.5 Å². The SMILES string of the molecule is C\C=C(/C=C1/NC(CC)=C(NNC(=O)C2CCC(OC)C2)N/C1=C/C)C(=O)OC. The van der Waals surface area contributed by atoms with E-state index in [0.717, 1.165) is 36.4 Å². The van der Waals surface area contributed by atoms with Crippen LogP contribution in [0, 0.1) is 5.92 Å². The molecule has 29 heavy (non-hydrogen) atoms. The molecular formula is C21H32N4O4. The second-order valence-electron chi connectivity index (χ2n) is 6.94. The van der Waals surface area contributed by atoms with Crippen LogP contribution in [0.3, 0.4) is 0 Å². The second-order valence-corrected chi connectivity index (χ2v) is 6.94. The van der Waals surface area contributed by atoms with Gasteiger partial charge in [0.1, 0.15) is 5.82 Å². The van der Waals surface area contributed by atoms with Gasteiger partial charge in [0, 0.05) is 13.0 Å². The highest BCUT2D eigenvalue weighted by atomic mass is 16.5.